The highest BCUT2D eigenvalue weighted by molar-refractivity contribution is 6.34. The molecule has 1 aromatic carbocycles. The summed E-state index contributed by atoms with van der Waals surface area (Å²) in [5.41, 5.74) is 0.753. The topological polar surface area (TPSA) is 34.4 Å². The van der Waals surface area contributed by atoms with E-state index in [1.807, 2.05) is 24.3 Å². The maximum absolute atomic E-state index is 6.16. The fourth-order valence-corrected chi connectivity index (χ4v) is 2.35. The molecule has 0 amide bonds. The molecule has 0 saturated heterocycles. The third-order valence-electron chi connectivity index (χ3n) is 3.13. The van der Waals surface area contributed by atoms with Gasteiger partial charge >= 0.3 is 0 Å². The van der Waals surface area contributed by atoms with Crippen molar-refractivity contribution in [3.05, 3.63) is 35.0 Å². The van der Waals surface area contributed by atoms with Crippen LogP contribution in [0, 0.1) is 0 Å². The highest BCUT2D eigenvalue weighted by atomic mass is 35.5. The summed E-state index contributed by atoms with van der Waals surface area (Å²) in [5.74, 6) is 0.887. The number of para-hydroxylation sites is 1. The molecule has 2 aromatic rings. The monoisotopic (exact) mass is 295 g/mol. The minimum atomic E-state index is 0.0740. The van der Waals surface area contributed by atoms with Gasteiger partial charge in [0, 0.05) is 12.0 Å². The number of fused-ring (bicyclic) bond motifs is 1. The Morgan fingerprint density at radius 3 is 2.85 bits per heavy atom. The van der Waals surface area contributed by atoms with Gasteiger partial charge in [0.15, 0.2) is 5.58 Å². The van der Waals surface area contributed by atoms with Gasteiger partial charge in [0.05, 0.1) is 17.7 Å². The summed E-state index contributed by atoms with van der Waals surface area (Å²) >= 11 is 6.16. The average molecular weight is 296 g/mol. The van der Waals surface area contributed by atoms with Crippen LogP contribution in [0.4, 0.5) is 0 Å². The van der Waals surface area contributed by atoms with Gasteiger partial charge in [-0.15, -0.1) is 0 Å². The van der Waals surface area contributed by atoms with Crippen molar-refractivity contribution in [1.29, 1.82) is 0 Å². The normalized spacial score (nSPS) is 12.9. The Morgan fingerprint density at radius 1 is 1.30 bits per heavy atom. The SMILES string of the molecule is CCCNC(COCCC)c1cc2cccc(Cl)c2o1. The van der Waals surface area contributed by atoms with Crippen molar-refractivity contribution in [3.63, 3.8) is 0 Å². The minimum absolute atomic E-state index is 0.0740. The molecule has 0 radical (unpaired) electrons. The predicted octanol–water partition coefficient (Wildman–Crippen LogP) is 4.55. The van der Waals surface area contributed by atoms with Crippen LogP contribution in [0.25, 0.3) is 11.0 Å². The van der Waals surface area contributed by atoms with Crippen molar-refractivity contribution in [2.24, 2.45) is 0 Å². The number of hydrogen-bond acceptors (Lipinski definition) is 3. The number of halogens is 1. The second kappa shape index (κ2) is 7.67. The maximum Gasteiger partial charge on any atom is 0.152 e. The Kier molecular flexibility index (Phi) is 5.89. The summed E-state index contributed by atoms with van der Waals surface area (Å²) in [6.07, 6.45) is 2.09. The second-order valence-corrected chi connectivity index (χ2v) is 5.30. The lowest BCUT2D eigenvalue weighted by atomic mass is 10.2. The maximum atomic E-state index is 6.16. The van der Waals surface area contributed by atoms with Gasteiger partial charge < -0.3 is 14.5 Å². The van der Waals surface area contributed by atoms with Crippen LogP contribution in [0.2, 0.25) is 5.02 Å². The van der Waals surface area contributed by atoms with Gasteiger partial charge in [-0.2, -0.15) is 0 Å². The van der Waals surface area contributed by atoms with Crippen LogP contribution in [0.5, 0.6) is 0 Å². The van der Waals surface area contributed by atoms with E-state index in [1.165, 1.54) is 0 Å². The van der Waals surface area contributed by atoms with Gasteiger partial charge in [-0.1, -0.05) is 37.6 Å². The first-order valence-corrected chi connectivity index (χ1v) is 7.63. The summed E-state index contributed by atoms with van der Waals surface area (Å²) in [4.78, 5) is 0. The number of benzene rings is 1. The van der Waals surface area contributed by atoms with Gasteiger partial charge in [0.1, 0.15) is 5.76 Å². The molecule has 0 fully saturated rings. The molecule has 2 rings (SSSR count). The molecule has 1 N–H and O–H groups in total. The van der Waals surface area contributed by atoms with Crippen LogP contribution >= 0.6 is 11.6 Å². The molecule has 1 unspecified atom stereocenters. The summed E-state index contributed by atoms with van der Waals surface area (Å²) in [6.45, 7) is 6.57. The van der Waals surface area contributed by atoms with Crippen molar-refractivity contribution >= 4 is 22.6 Å². The molecule has 0 aliphatic heterocycles. The molecule has 20 heavy (non-hydrogen) atoms. The van der Waals surface area contributed by atoms with E-state index in [0.717, 1.165) is 42.7 Å². The van der Waals surface area contributed by atoms with Crippen LogP contribution in [0.1, 0.15) is 38.5 Å². The number of ether oxygens (including phenoxy) is 1. The van der Waals surface area contributed by atoms with Crippen molar-refractivity contribution < 1.29 is 9.15 Å². The highest BCUT2D eigenvalue weighted by Gasteiger charge is 2.17. The van der Waals surface area contributed by atoms with Crippen LogP contribution in [-0.4, -0.2) is 19.8 Å². The van der Waals surface area contributed by atoms with E-state index in [9.17, 15) is 0 Å². The molecule has 1 atom stereocenters. The zero-order chi connectivity index (χ0) is 14.4. The average Bonchev–Trinajstić information content (AvgIpc) is 2.88. The second-order valence-electron chi connectivity index (χ2n) is 4.89. The molecule has 110 valence electrons. The molecular formula is C16H22ClNO2. The van der Waals surface area contributed by atoms with E-state index >= 15 is 0 Å². The molecule has 0 aliphatic carbocycles. The van der Waals surface area contributed by atoms with Crippen molar-refractivity contribution in [3.8, 4) is 0 Å². The van der Waals surface area contributed by atoms with Crippen molar-refractivity contribution in [2.45, 2.75) is 32.7 Å². The van der Waals surface area contributed by atoms with Gasteiger partial charge in [0.2, 0.25) is 0 Å². The third kappa shape index (κ3) is 3.75. The standard InChI is InChI=1S/C16H22ClNO2/c1-3-8-18-14(11-19-9-4-2)15-10-12-6-5-7-13(17)16(12)20-15/h5-7,10,14,18H,3-4,8-9,11H2,1-2H3. The fraction of sp³-hybridized carbons (Fsp3) is 0.500. The number of nitrogens with one attached hydrogen (secondary N) is 1. The Bertz CT molecular complexity index is 538. The van der Waals surface area contributed by atoms with Crippen LogP contribution in [0.15, 0.2) is 28.7 Å². The van der Waals surface area contributed by atoms with Crippen LogP contribution < -0.4 is 5.32 Å². The lowest BCUT2D eigenvalue weighted by Gasteiger charge is -2.16. The summed E-state index contributed by atoms with van der Waals surface area (Å²) in [5, 5.41) is 5.15. The first-order valence-electron chi connectivity index (χ1n) is 7.25. The van der Waals surface area contributed by atoms with E-state index in [4.69, 9.17) is 20.8 Å². The number of rotatable bonds is 8. The lowest BCUT2D eigenvalue weighted by Crippen LogP contribution is -2.26. The van der Waals surface area contributed by atoms with Crippen LogP contribution in [0.3, 0.4) is 0 Å². The quantitative estimate of drug-likeness (QED) is 0.725. The number of furan rings is 1. The van der Waals surface area contributed by atoms with E-state index < -0.39 is 0 Å². The third-order valence-corrected chi connectivity index (χ3v) is 3.43. The molecule has 0 saturated carbocycles. The molecule has 3 nitrogen and oxygen atoms in total. The minimum Gasteiger partial charge on any atom is -0.458 e. The zero-order valence-corrected chi connectivity index (χ0v) is 12.9. The fourth-order valence-electron chi connectivity index (χ4n) is 2.12. The van der Waals surface area contributed by atoms with E-state index in [2.05, 4.69) is 19.2 Å². The van der Waals surface area contributed by atoms with Gasteiger partial charge in [-0.05, 0) is 31.5 Å². The Balaban J connectivity index is 2.18. The predicted molar refractivity (Wildman–Crippen MR) is 83.4 cm³/mol. The Morgan fingerprint density at radius 2 is 2.15 bits per heavy atom. The first kappa shape index (κ1) is 15.4. The van der Waals surface area contributed by atoms with E-state index in [1.54, 1.807) is 0 Å². The van der Waals surface area contributed by atoms with Crippen molar-refractivity contribution in [2.75, 3.05) is 19.8 Å². The van der Waals surface area contributed by atoms with Gasteiger partial charge in [-0.25, -0.2) is 0 Å². The molecule has 0 bridgehead atoms. The van der Waals surface area contributed by atoms with E-state index in [0.29, 0.717) is 11.6 Å². The lowest BCUT2D eigenvalue weighted by molar-refractivity contribution is 0.106. The van der Waals surface area contributed by atoms with E-state index in [-0.39, 0.29) is 6.04 Å². The molecule has 0 spiro atoms. The van der Waals surface area contributed by atoms with Gasteiger partial charge in [-0.3, -0.25) is 0 Å². The first-order chi connectivity index (χ1) is 9.76. The summed E-state index contributed by atoms with van der Waals surface area (Å²) in [6, 6.07) is 7.91. The summed E-state index contributed by atoms with van der Waals surface area (Å²) in [7, 11) is 0. The molecule has 1 aromatic heterocycles. The number of hydrogen-bond donors (Lipinski definition) is 1. The molecule has 1 heterocycles. The molecular weight excluding hydrogens is 274 g/mol. The Hall–Kier alpha value is -1.03. The molecule has 0 aliphatic rings. The highest BCUT2D eigenvalue weighted by Crippen LogP contribution is 2.29. The largest absolute Gasteiger partial charge is 0.458 e. The summed E-state index contributed by atoms with van der Waals surface area (Å²) < 4.78 is 11.6. The van der Waals surface area contributed by atoms with Crippen LogP contribution in [-0.2, 0) is 4.74 Å². The molecule has 4 heteroatoms. The van der Waals surface area contributed by atoms with Gasteiger partial charge in [0.25, 0.3) is 0 Å². The smallest absolute Gasteiger partial charge is 0.152 e. The van der Waals surface area contributed by atoms with Crippen molar-refractivity contribution in [1.82, 2.24) is 5.32 Å². The Labute approximate surface area is 125 Å². The zero-order valence-electron chi connectivity index (χ0n) is 12.1.